The van der Waals surface area contributed by atoms with E-state index >= 15 is 0 Å². The van der Waals surface area contributed by atoms with Crippen molar-refractivity contribution in [2.24, 2.45) is 5.92 Å². The molecular weight excluding hydrogens is 236 g/mol. The second-order valence-electron chi connectivity index (χ2n) is 6.68. The molecule has 3 N–H and O–H groups in total. The first-order valence-corrected chi connectivity index (χ1v) is 7.30. The largest absolute Gasteiger partial charge is 0.384 e. The topological polar surface area (TPSA) is 63.8 Å². The minimum atomic E-state index is -0.0794. The van der Waals surface area contributed by atoms with Crippen LogP contribution in [0.5, 0.6) is 0 Å². The summed E-state index contributed by atoms with van der Waals surface area (Å²) in [6.07, 6.45) is 5.13. The summed E-state index contributed by atoms with van der Waals surface area (Å²) in [5.41, 5.74) is 5.82. The van der Waals surface area contributed by atoms with Gasteiger partial charge in [0, 0.05) is 17.5 Å². The van der Waals surface area contributed by atoms with Gasteiger partial charge in [0.05, 0.1) is 0 Å². The van der Waals surface area contributed by atoms with Crippen LogP contribution in [0, 0.1) is 5.92 Å². The van der Waals surface area contributed by atoms with Crippen molar-refractivity contribution < 1.29 is 0 Å². The van der Waals surface area contributed by atoms with E-state index in [0.717, 1.165) is 24.0 Å². The van der Waals surface area contributed by atoms with Gasteiger partial charge in [0.1, 0.15) is 17.5 Å². The Morgan fingerprint density at radius 2 is 2.05 bits per heavy atom. The smallest absolute Gasteiger partial charge is 0.138 e. The number of rotatable bonds is 5. The summed E-state index contributed by atoms with van der Waals surface area (Å²) in [5, 5.41) is 3.52. The van der Waals surface area contributed by atoms with E-state index in [-0.39, 0.29) is 5.41 Å². The molecule has 0 aromatic carbocycles. The van der Waals surface area contributed by atoms with Crippen LogP contribution in [0.1, 0.15) is 59.2 Å². The molecule has 4 nitrogen and oxygen atoms in total. The third kappa shape index (κ3) is 4.08. The summed E-state index contributed by atoms with van der Waals surface area (Å²) >= 11 is 0. The summed E-state index contributed by atoms with van der Waals surface area (Å²) in [4.78, 5) is 8.96. The average molecular weight is 262 g/mol. The number of nitrogens with zero attached hydrogens (tertiary/aromatic N) is 2. The Balaban J connectivity index is 2.11. The normalized spacial score (nSPS) is 17.3. The van der Waals surface area contributed by atoms with E-state index < -0.39 is 0 Å². The summed E-state index contributed by atoms with van der Waals surface area (Å²) in [5.74, 6) is 3.13. The first-order chi connectivity index (χ1) is 8.88. The standard InChI is InChI=1S/C15H26N4/c1-5-11(8-10-6-7-10)17-13-9-12(16)18-14(19-13)15(2,3)4/h9-11H,5-8H2,1-4H3,(H3,16,17,18,19). The van der Waals surface area contributed by atoms with E-state index in [1.54, 1.807) is 0 Å². The van der Waals surface area contributed by atoms with Gasteiger partial charge in [-0.15, -0.1) is 0 Å². The molecule has 1 saturated carbocycles. The number of hydrogen-bond acceptors (Lipinski definition) is 4. The molecule has 1 fully saturated rings. The van der Waals surface area contributed by atoms with Crippen molar-refractivity contribution >= 4 is 11.6 Å². The molecule has 2 rings (SSSR count). The maximum absolute atomic E-state index is 5.90. The highest BCUT2D eigenvalue weighted by Gasteiger charge is 2.25. The van der Waals surface area contributed by atoms with Crippen LogP contribution >= 0.6 is 0 Å². The van der Waals surface area contributed by atoms with Crippen LogP contribution in [0.15, 0.2) is 6.07 Å². The van der Waals surface area contributed by atoms with Crippen LogP contribution in [0.2, 0.25) is 0 Å². The first-order valence-electron chi connectivity index (χ1n) is 7.30. The molecule has 106 valence electrons. The van der Waals surface area contributed by atoms with Crippen molar-refractivity contribution in [3.63, 3.8) is 0 Å². The number of hydrogen-bond donors (Lipinski definition) is 2. The molecule has 0 radical (unpaired) electrons. The Hall–Kier alpha value is -1.32. The average Bonchev–Trinajstić information content (AvgIpc) is 3.10. The zero-order valence-electron chi connectivity index (χ0n) is 12.5. The molecule has 1 atom stereocenters. The minimum Gasteiger partial charge on any atom is -0.384 e. The zero-order valence-corrected chi connectivity index (χ0v) is 12.5. The summed E-state index contributed by atoms with van der Waals surface area (Å²) in [6, 6.07) is 2.33. The minimum absolute atomic E-state index is 0.0794. The van der Waals surface area contributed by atoms with Gasteiger partial charge in [-0.2, -0.15) is 0 Å². The number of aromatic nitrogens is 2. The molecule has 0 saturated heterocycles. The maximum Gasteiger partial charge on any atom is 0.138 e. The SMILES string of the molecule is CCC(CC1CC1)Nc1cc(N)nc(C(C)(C)C)n1. The fourth-order valence-corrected chi connectivity index (χ4v) is 2.17. The van der Waals surface area contributed by atoms with Crippen LogP contribution in [0.25, 0.3) is 0 Å². The molecule has 0 amide bonds. The van der Waals surface area contributed by atoms with Crippen molar-refractivity contribution in [3.8, 4) is 0 Å². The lowest BCUT2D eigenvalue weighted by Gasteiger charge is -2.21. The molecule has 1 aromatic rings. The predicted molar refractivity (Wildman–Crippen MR) is 80.2 cm³/mol. The molecule has 0 aliphatic heterocycles. The third-order valence-corrected chi connectivity index (χ3v) is 3.58. The first kappa shape index (κ1) is 14.1. The number of nitrogens with two attached hydrogens (primary N) is 1. The molecular formula is C15H26N4. The fourth-order valence-electron chi connectivity index (χ4n) is 2.17. The van der Waals surface area contributed by atoms with Gasteiger partial charge in [-0.1, -0.05) is 40.5 Å². The molecule has 4 heteroatoms. The van der Waals surface area contributed by atoms with Gasteiger partial charge in [-0.25, -0.2) is 9.97 Å². The summed E-state index contributed by atoms with van der Waals surface area (Å²) in [6.45, 7) is 8.53. The molecule has 19 heavy (non-hydrogen) atoms. The van der Waals surface area contributed by atoms with Crippen LogP contribution in [-0.4, -0.2) is 16.0 Å². The van der Waals surface area contributed by atoms with Gasteiger partial charge >= 0.3 is 0 Å². The number of anilines is 2. The Labute approximate surface area is 116 Å². The highest BCUT2D eigenvalue weighted by atomic mass is 15.1. The Bertz CT molecular complexity index is 432. The Morgan fingerprint density at radius 1 is 1.37 bits per heavy atom. The number of nitrogen functional groups attached to an aromatic ring is 1. The highest BCUT2D eigenvalue weighted by molar-refractivity contribution is 5.46. The fraction of sp³-hybridized carbons (Fsp3) is 0.733. The molecule has 1 aliphatic carbocycles. The van der Waals surface area contributed by atoms with Crippen molar-refractivity contribution in [2.45, 2.75) is 64.8 Å². The van der Waals surface area contributed by atoms with Crippen molar-refractivity contribution in [3.05, 3.63) is 11.9 Å². The second kappa shape index (κ2) is 5.35. The van der Waals surface area contributed by atoms with Crippen LogP contribution in [-0.2, 0) is 5.41 Å². The second-order valence-corrected chi connectivity index (χ2v) is 6.68. The van der Waals surface area contributed by atoms with Crippen LogP contribution < -0.4 is 11.1 Å². The summed E-state index contributed by atoms with van der Waals surface area (Å²) in [7, 11) is 0. The lowest BCUT2D eigenvalue weighted by molar-refractivity contribution is 0.543. The van der Waals surface area contributed by atoms with Crippen LogP contribution in [0.3, 0.4) is 0 Å². The van der Waals surface area contributed by atoms with E-state index in [9.17, 15) is 0 Å². The van der Waals surface area contributed by atoms with Crippen LogP contribution in [0.4, 0.5) is 11.6 Å². The third-order valence-electron chi connectivity index (χ3n) is 3.58. The maximum atomic E-state index is 5.90. The van der Waals surface area contributed by atoms with Gasteiger partial charge in [0.2, 0.25) is 0 Å². The molecule has 0 bridgehead atoms. The Morgan fingerprint density at radius 3 is 2.58 bits per heavy atom. The number of nitrogens with one attached hydrogen (secondary N) is 1. The molecule has 1 aromatic heterocycles. The predicted octanol–water partition coefficient (Wildman–Crippen LogP) is 3.35. The quantitative estimate of drug-likeness (QED) is 0.854. The van der Waals surface area contributed by atoms with Crippen molar-refractivity contribution in [1.29, 1.82) is 0 Å². The molecule has 1 aliphatic rings. The van der Waals surface area contributed by atoms with Gasteiger partial charge in [0.25, 0.3) is 0 Å². The molecule has 1 heterocycles. The highest BCUT2D eigenvalue weighted by Crippen LogP contribution is 2.34. The van der Waals surface area contributed by atoms with Gasteiger partial charge in [-0.3, -0.25) is 0 Å². The van der Waals surface area contributed by atoms with E-state index in [1.165, 1.54) is 19.3 Å². The Kier molecular flexibility index (Phi) is 3.97. The van der Waals surface area contributed by atoms with E-state index in [2.05, 4.69) is 43.0 Å². The molecule has 1 unspecified atom stereocenters. The van der Waals surface area contributed by atoms with E-state index in [0.29, 0.717) is 11.9 Å². The van der Waals surface area contributed by atoms with E-state index in [4.69, 9.17) is 5.73 Å². The summed E-state index contributed by atoms with van der Waals surface area (Å²) < 4.78 is 0. The van der Waals surface area contributed by atoms with Crippen molar-refractivity contribution in [1.82, 2.24) is 9.97 Å². The van der Waals surface area contributed by atoms with Gasteiger partial charge < -0.3 is 11.1 Å². The van der Waals surface area contributed by atoms with Crippen molar-refractivity contribution in [2.75, 3.05) is 11.1 Å². The zero-order chi connectivity index (χ0) is 14.0. The van der Waals surface area contributed by atoms with Gasteiger partial charge in [0.15, 0.2) is 0 Å². The monoisotopic (exact) mass is 262 g/mol. The molecule has 0 spiro atoms. The van der Waals surface area contributed by atoms with E-state index in [1.807, 2.05) is 6.07 Å². The lowest BCUT2D eigenvalue weighted by atomic mass is 9.96. The lowest BCUT2D eigenvalue weighted by Crippen LogP contribution is -2.23. The van der Waals surface area contributed by atoms with Gasteiger partial charge in [-0.05, 0) is 18.8 Å².